The van der Waals surface area contributed by atoms with Crippen LogP contribution in [0.15, 0.2) is 52.9 Å². The first-order valence-corrected chi connectivity index (χ1v) is 7.88. The van der Waals surface area contributed by atoms with Gasteiger partial charge < -0.3 is 4.42 Å². The van der Waals surface area contributed by atoms with Crippen LogP contribution in [0.4, 0.5) is 0 Å². The molecule has 98 valence electrons. The Labute approximate surface area is 130 Å². The molecular weight excluding hydrogens is 359 g/mol. The second kappa shape index (κ2) is 4.77. The van der Waals surface area contributed by atoms with Crippen molar-refractivity contribution < 1.29 is 4.42 Å². The van der Waals surface area contributed by atoms with Crippen LogP contribution in [0.25, 0.3) is 31.8 Å². The maximum Gasteiger partial charge on any atom is 0.144 e. The zero-order valence-corrected chi connectivity index (χ0v) is 13.1. The SMILES string of the molecule is IC1=c2oc3ccc(-c4ccccc4)cc3c2=CCC1. The Kier molecular flexibility index (Phi) is 2.91. The summed E-state index contributed by atoms with van der Waals surface area (Å²) >= 11 is 2.41. The maximum absolute atomic E-state index is 6.02. The van der Waals surface area contributed by atoms with Gasteiger partial charge in [-0.3, -0.25) is 0 Å². The minimum atomic E-state index is 0.988. The lowest BCUT2D eigenvalue weighted by Crippen LogP contribution is -2.24. The third kappa shape index (κ3) is 1.90. The van der Waals surface area contributed by atoms with Crippen LogP contribution in [-0.2, 0) is 0 Å². The lowest BCUT2D eigenvalue weighted by Gasteiger charge is -2.01. The van der Waals surface area contributed by atoms with E-state index in [1.54, 1.807) is 0 Å². The van der Waals surface area contributed by atoms with Crippen molar-refractivity contribution in [3.8, 4) is 11.1 Å². The van der Waals surface area contributed by atoms with Gasteiger partial charge in [0.1, 0.15) is 11.0 Å². The largest absolute Gasteiger partial charge is 0.455 e. The van der Waals surface area contributed by atoms with E-state index in [2.05, 4.69) is 71.1 Å². The van der Waals surface area contributed by atoms with E-state index in [0.717, 1.165) is 23.8 Å². The minimum absolute atomic E-state index is 0.988. The molecule has 3 aromatic rings. The van der Waals surface area contributed by atoms with Crippen molar-refractivity contribution in [3.05, 3.63) is 59.2 Å². The van der Waals surface area contributed by atoms with Gasteiger partial charge in [0.25, 0.3) is 0 Å². The molecule has 1 aliphatic carbocycles. The molecule has 0 N–H and O–H groups in total. The number of halogens is 1. The van der Waals surface area contributed by atoms with E-state index in [1.807, 2.05) is 6.07 Å². The maximum atomic E-state index is 6.02. The van der Waals surface area contributed by atoms with E-state index < -0.39 is 0 Å². The molecule has 0 saturated carbocycles. The van der Waals surface area contributed by atoms with Crippen molar-refractivity contribution in [1.29, 1.82) is 0 Å². The van der Waals surface area contributed by atoms with E-state index in [0.29, 0.717) is 0 Å². The average molecular weight is 372 g/mol. The van der Waals surface area contributed by atoms with Gasteiger partial charge in [-0.15, -0.1) is 0 Å². The molecule has 1 nitrogen and oxygen atoms in total. The van der Waals surface area contributed by atoms with Crippen molar-refractivity contribution in [2.75, 3.05) is 0 Å². The molecule has 0 radical (unpaired) electrons. The molecule has 0 atom stereocenters. The van der Waals surface area contributed by atoms with Gasteiger partial charge in [0, 0.05) is 14.2 Å². The highest BCUT2D eigenvalue weighted by atomic mass is 127. The first-order chi connectivity index (χ1) is 9.83. The summed E-state index contributed by atoms with van der Waals surface area (Å²) in [7, 11) is 0. The molecule has 20 heavy (non-hydrogen) atoms. The fourth-order valence-corrected chi connectivity index (χ4v) is 3.50. The zero-order chi connectivity index (χ0) is 13.5. The first-order valence-electron chi connectivity index (χ1n) is 6.80. The van der Waals surface area contributed by atoms with Gasteiger partial charge in [0.15, 0.2) is 0 Å². The topological polar surface area (TPSA) is 13.1 Å². The molecule has 0 saturated heterocycles. The van der Waals surface area contributed by atoms with Crippen LogP contribution in [0.1, 0.15) is 12.8 Å². The Balaban J connectivity index is 2.04. The number of hydrogen-bond donors (Lipinski definition) is 0. The fraction of sp³-hybridized carbons (Fsp3) is 0.111. The van der Waals surface area contributed by atoms with Crippen molar-refractivity contribution in [1.82, 2.24) is 0 Å². The van der Waals surface area contributed by atoms with Crippen LogP contribution in [0, 0.1) is 0 Å². The summed E-state index contributed by atoms with van der Waals surface area (Å²) in [5.74, 6) is 0. The van der Waals surface area contributed by atoms with Crippen LogP contribution in [0.2, 0.25) is 0 Å². The first kappa shape index (κ1) is 12.2. The molecule has 0 unspecified atom stereocenters. The van der Waals surface area contributed by atoms with Gasteiger partial charge in [-0.25, -0.2) is 0 Å². The average Bonchev–Trinajstić information content (AvgIpc) is 2.88. The van der Waals surface area contributed by atoms with Gasteiger partial charge in [-0.1, -0.05) is 42.5 Å². The number of furan rings is 1. The van der Waals surface area contributed by atoms with Crippen LogP contribution >= 0.6 is 22.6 Å². The Morgan fingerprint density at radius 2 is 1.80 bits per heavy atom. The molecule has 0 fully saturated rings. The van der Waals surface area contributed by atoms with E-state index in [4.69, 9.17) is 4.42 Å². The van der Waals surface area contributed by atoms with Crippen LogP contribution < -0.4 is 10.6 Å². The quantitative estimate of drug-likeness (QED) is 0.583. The molecule has 1 aromatic heterocycles. The number of hydrogen-bond acceptors (Lipinski definition) is 1. The van der Waals surface area contributed by atoms with E-state index >= 15 is 0 Å². The molecule has 2 aromatic carbocycles. The van der Waals surface area contributed by atoms with Crippen molar-refractivity contribution >= 4 is 43.2 Å². The van der Waals surface area contributed by atoms with E-state index in [9.17, 15) is 0 Å². The zero-order valence-electron chi connectivity index (χ0n) is 10.9. The van der Waals surface area contributed by atoms with Gasteiger partial charge in [0.05, 0.1) is 0 Å². The Morgan fingerprint density at radius 1 is 0.950 bits per heavy atom. The summed E-state index contributed by atoms with van der Waals surface area (Å²) in [6.45, 7) is 0. The summed E-state index contributed by atoms with van der Waals surface area (Å²) < 4.78 is 7.35. The Bertz CT molecular complexity index is 904. The Morgan fingerprint density at radius 3 is 2.65 bits per heavy atom. The van der Waals surface area contributed by atoms with Crippen molar-refractivity contribution in [3.63, 3.8) is 0 Å². The summed E-state index contributed by atoms with van der Waals surface area (Å²) in [4.78, 5) is 0. The molecule has 0 amide bonds. The highest BCUT2D eigenvalue weighted by molar-refractivity contribution is 14.1. The second-order valence-electron chi connectivity index (χ2n) is 5.07. The summed E-state index contributed by atoms with van der Waals surface area (Å²) in [6.07, 6.45) is 4.51. The van der Waals surface area contributed by atoms with Gasteiger partial charge >= 0.3 is 0 Å². The minimum Gasteiger partial charge on any atom is -0.455 e. The number of rotatable bonds is 1. The molecule has 0 aliphatic heterocycles. The predicted octanol–water partition coefficient (Wildman–Crippen LogP) is 4.22. The van der Waals surface area contributed by atoms with Crippen molar-refractivity contribution in [2.45, 2.75) is 12.8 Å². The van der Waals surface area contributed by atoms with E-state index in [-0.39, 0.29) is 0 Å². The molecule has 0 spiro atoms. The third-order valence-electron chi connectivity index (χ3n) is 3.79. The standard InChI is InChI=1S/C18H13IO/c19-16-8-4-7-14-15-11-13(12-5-2-1-3-6-12)9-10-17(15)20-18(14)16/h1-3,5-7,9-11H,4,8H2. The molecule has 4 rings (SSSR count). The normalized spacial score (nSPS) is 14.2. The summed E-state index contributed by atoms with van der Waals surface area (Å²) in [6, 6.07) is 17.0. The lowest BCUT2D eigenvalue weighted by atomic mass is 10.0. The number of benzene rings is 2. The third-order valence-corrected chi connectivity index (χ3v) is 4.82. The van der Waals surface area contributed by atoms with Gasteiger partial charge in [-0.05, 0) is 58.7 Å². The highest BCUT2D eigenvalue weighted by Crippen LogP contribution is 2.24. The molecule has 0 bridgehead atoms. The summed E-state index contributed by atoms with van der Waals surface area (Å²) in [5.41, 5.74) is 4.55. The van der Waals surface area contributed by atoms with Crippen LogP contribution in [0.3, 0.4) is 0 Å². The smallest absolute Gasteiger partial charge is 0.144 e. The Hall–Kier alpha value is -1.55. The summed E-state index contributed by atoms with van der Waals surface area (Å²) in [5, 5.41) is 2.50. The van der Waals surface area contributed by atoms with Gasteiger partial charge in [0.2, 0.25) is 0 Å². The molecule has 2 heteroatoms. The van der Waals surface area contributed by atoms with Crippen molar-refractivity contribution in [2.24, 2.45) is 0 Å². The predicted molar refractivity (Wildman–Crippen MR) is 92.0 cm³/mol. The monoisotopic (exact) mass is 372 g/mol. The lowest BCUT2D eigenvalue weighted by molar-refractivity contribution is 0.571. The van der Waals surface area contributed by atoms with E-state index in [1.165, 1.54) is 25.3 Å². The molecular formula is C18H13IO. The number of fused-ring (bicyclic) bond motifs is 3. The fourth-order valence-electron chi connectivity index (χ4n) is 2.79. The molecule has 1 heterocycles. The second-order valence-corrected chi connectivity index (χ2v) is 6.37. The van der Waals surface area contributed by atoms with Gasteiger partial charge in [-0.2, -0.15) is 0 Å². The van der Waals surface area contributed by atoms with Crippen LogP contribution in [0.5, 0.6) is 0 Å². The highest BCUT2D eigenvalue weighted by Gasteiger charge is 2.10. The molecule has 1 aliphatic rings. The van der Waals surface area contributed by atoms with Crippen LogP contribution in [-0.4, -0.2) is 0 Å².